The van der Waals surface area contributed by atoms with Gasteiger partial charge < -0.3 is 5.73 Å². The Labute approximate surface area is 81.7 Å². The van der Waals surface area contributed by atoms with E-state index in [2.05, 4.69) is 15.8 Å². The van der Waals surface area contributed by atoms with Gasteiger partial charge in [0.15, 0.2) is 0 Å². The lowest BCUT2D eigenvalue weighted by atomic mass is 10.0. The Kier molecular flexibility index (Phi) is 2.72. The van der Waals surface area contributed by atoms with Crippen LogP contribution in [0.15, 0.2) is 18.5 Å². The zero-order valence-corrected chi connectivity index (χ0v) is 7.70. The number of hydrazine groups is 1. The van der Waals surface area contributed by atoms with Gasteiger partial charge in [-0.05, 0) is 18.1 Å². The minimum absolute atomic E-state index is 0.103. The summed E-state index contributed by atoms with van der Waals surface area (Å²) >= 11 is 0. The number of nitrogens with one attached hydrogen (secondary N) is 2. The molecule has 1 saturated heterocycles. The second-order valence-corrected chi connectivity index (χ2v) is 3.45. The van der Waals surface area contributed by atoms with E-state index in [-0.39, 0.29) is 17.9 Å². The molecule has 2 rings (SSSR count). The smallest absolute Gasteiger partial charge is 0.141 e. The van der Waals surface area contributed by atoms with Crippen LogP contribution in [0.4, 0.5) is 4.39 Å². The van der Waals surface area contributed by atoms with E-state index in [1.807, 2.05) is 0 Å². The maximum absolute atomic E-state index is 12.9. The molecule has 1 aromatic rings. The maximum Gasteiger partial charge on any atom is 0.141 e. The number of hydrogen-bond acceptors (Lipinski definition) is 4. The molecule has 14 heavy (non-hydrogen) atoms. The minimum Gasteiger partial charge on any atom is -0.329 e. The molecule has 0 spiro atoms. The highest BCUT2D eigenvalue weighted by Gasteiger charge is 2.24. The van der Waals surface area contributed by atoms with Crippen LogP contribution in [-0.2, 0) is 0 Å². The molecule has 1 fully saturated rings. The van der Waals surface area contributed by atoms with Crippen LogP contribution in [0.2, 0.25) is 0 Å². The van der Waals surface area contributed by atoms with Crippen molar-refractivity contribution in [2.75, 3.05) is 6.54 Å². The van der Waals surface area contributed by atoms with Crippen LogP contribution in [-0.4, -0.2) is 17.6 Å². The molecular weight excluding hydrogens is 183 g/mol. The lowest BCUT2D eigenvalue weighted by Gasteiger charge is -2.08. The number of rotatable bonds is 2. The fourth-order valence-corrected chi connectivity index (χ4v) is 1.61. The van der Waals surface area contributed by atoms with Gasteiger partial charge >= 0.3 is 0 Å². The van der Waals surface area contributed by atoms with Crippen LogP contribution in [0.5, 0.6) is 0 Å². The monoisotopic (exact) mass is 196 g/mol. The zero-order valence-electron chi connectivity index (χ0n) is 7.70. The Bertz CT molecular complexity index is 317. The Balaban J connectivity index is 2.09. The molecular formula is C9H13FN4. The summed E-state index contributed by atoms with van der Waals surface area (Å²) in [6.07, 6.45) is 3.73. The van der Waals surface area contributed by atoms with Crippen molar-refractivity contribution in [1.82, 2.24) is 15.8 Å². The highest BCUT2D eigenvalue weighted by atomic mass is 19.1. The van der Waals surface area contributed by atoms with Gasteiger partial charge in [0.25, 0.3) is 0 Å². The van der Waals surface area contributed by atoms with Gasteiger partial charge in [0.05, 0.1) is 6.20 Å². The van der Waals surface area contributed by atoms with Gasteiger partial charge in [-0.3, -0.25) is 10.4 Å². The quantitative estimate of drug-likeness (QED) is 0.627. The Morgan fingerprint density at radius 2 is 2.36 bits per heavy atom. The average Bonchev–Trinajstić information content (AvgIpc) is 2.66. The van der Waals surface area contributed by atoms with E-state index in [0.29, 0.717) is 6.54 Å². The molecule has 76 valence electrons. The topological polar surface area (TPSA) is 63.0 Å². The van der Waals surface area contributed by atoms with Gasteiger partial charge in [-0.25, -0.2) is 9.82 Å². The molecule has 1 aromatic heterocycles. The summed E-state index contributed by atoms with van der Waals surface area (Å²) < 4.78 is 12.9. The first-order valence-corrected chi connectivity index (χ1v) is 4.61. The first kappa shape index (κ1) is 9.51. The van der Waals surface area contributed by atoms with Crippen LogP contribution in [0.25, 0.3) is 0 Å². The molecule has 0 aromatic carbocycles. The molecule has 2 heterocycles. The molecule has 2 atom stereocenters. The van der Waals surface area contributed by atoms with Crippen molar-refractivity contribution in [3.8, 4) is 0 Å². The van der Waals surface area contributed by atoms with E-state index in [1.54, 1.807) is 6.20 Å². The highest BCUT2D eigenvalue weighted by Crippen LogP contribution is 2.21. The summed E-state index contributed by atoms with van der Waals surface area (Å²) in [5.74, 6) is -0.305. The molecule has 0 amide bonds. The van der Waals surface area contributed by atoms with Gasteiger partial charge in [-0.1, -0.05) is 0 Å². The van der Waals surface area contributed by atoms with Gasteiger partial charge in [-0.15, -0.1) is 0 Å². The highest BCUT2D eigenvalue weighted by molar-refractivity contribution is 5.16. The van der Waals surface area contributed by atoms with Crippen LogP contribution in [0.3, 0.4) is 0 Å². The van der Waals surface area contributed by atoms with Crippen molar-refractivity contribution in [1.29, 1.82) is 0 Å². The number of nitrogens with two attached hydrogens (primary N) is 1. The van der Waals surface area contributed by atoms with E-state index < -0.39 is 0 Å². The Morgan fingerprint density at radius 1 is 1.50 bits per heavy atom. The molecule has 0 bridgehead atoms. The van der Waals surface area contributed by atoms with Crippen LogP contribution in [0.1, 0.15) is 18.0 Å². The Hall–Kier alpha value is -1.04. The summed E-state index contributed by atoms with van der Waals surface area (Å²) in [4.78, 5) is 3.81. The molecule has 1 aliphatic heterocycles. The minimum atomic E-state index is -0.305. The fraction of sp³-hybridized carbons (Fsp3) is 0.444. The summed E-state index contributed by atoms with van der Waals surface area (Å²) in [5.41, 5.74) is 12.5. The molecule has 0 radical (unpaired) electrons. The predicted molar refractivity (Wildman–Crippen MR) is 50.7 cm³/mol. The van der Waals surface area contributed by atoms with Gasteiger partial charge in [0, 0.05) is 24.8 Å². The van der Waals surface area contributed by atoms with Crippen molar-refractivity contribution >= 4 is 0 Å². The van der Waals surface area contributed by atoms with Crippen LogP contribution < -0.4 is 16.6 Å². The number of hydrogen-bond donors (Lipinski definition) is 3. The lowest BCUT2D eigenvalue weighted by molar-refractivity contribution is 0.543. The summed E-state index contributed by atoms with van der Waals surface area (Å²) in [5, 5.41) is 0. The van der Waals surface area contributed by atoms with Gasteiger partial charge in [-0.2, -0.15) is 0 Å². The number of nitrogens with zero attached hydrogens (tertiary/aromatic N) is 1. The van der Waals surface area contributed by atoms with Crippen LogP contribution in [0, 0.1) is 5.82 Å². The predicted octanol–water partition coefficient (Wildman–Crippen LogP) is 0.0870. The molecule has 0 aliphatic carbocycles. The van der Waals surface area contributed by atoms with Crippen molar-refractivity contribution in [3.63, 3.8) is 0 Å². The summed E-state index contributed by atoms with van der Waals surface area (Å²) in [6, 6.07) is 1.85. The summed E-state index contributed by atoms with van der Waals surface area (Å²) in [7, 11) is 0. The Morgan fingerprint density at radius 3 is 3.00 bits per heavy atom. The first-order valence-electron chi connectivity index (χ1n) is 4.61. The van der Waals surface area contributed by atoms with E-state index in [4.69, 9.17) is 5.73 Å². The third-order valence-corrected chi connectivity index (χ3v) is 2.39. The molecule has 2 unspecified atom stereocenters. The molecule has 4 nitrogen and oxygen atoms in total. The fourth-order valence-electron chi connectivity index (χ4n) is 1.61. The SMILES string of the molecule is NCC1CC(c2cncc(F)c2)NN1. The molecule has 5 heteroatoms. The van der Waals surface area contributed by atoms with Crippen molar-refractivity contribution in [2.45, 2.75) is 18.5 Å². The second kappa shape index (κ2) is 4.00. The van der Waals surface area contributed by atoms with Gasteiger partial charge in [0.2, 0.25) is 0 Å². The number of halogens is 1. The van der Waals surface area contributed by atoms with Crippen molar-refractivity contribution < 1.29 is 4.39 Å². The average molecular weight is 196 g/mol. The van der Waals surface area contributed by atoms with Gasteiger partial charge in [0.1, 0.15) is 5.82 Å². The van der Waals surface area contributed by atoms with E-state index in [9.17, 15) is 4.39 Å². The second-order valence-electron chi connectivity index (χ2n) is 3.45. The van der Waals surface area contributed by atoms with Crippen molar-refractivity contribution in [2.24, 2.45) is 5.73 Å². The van der Waals surface area contributed by atoms with E-state index in [0.717, 1.165) is 12.0 Å². The molecule has 1 aliphatic rings. The largest absolute Gasteiger partial charge is 0.329 e. The third kappa shape index (κ3) is 1.89. The van der Waals surface area contributed by atoms with Crippen molar-refractivity contribution in [3.05, 3.63) is 29.8 Å². The zero-order chi connectivity index (χ0) is 9.97. The lowest BCUT2D eigenvalue weighted by Crippen LogP contribution is -2.35. The van der Waals surface area contributed by atoms with Crippen LogP contribution >= 0.6 is 0 Å². The standard InChI is InChI=1S/C9H13FN4/c10-7-1-6(4-12-5-7)9-2-8(3-11)13-14-9/h1,4-5,8-9,13-14H,2-3,11H2. The normalized spacial score (nSPS) is 26.7. The first-order chi connectivity index (χ1) is 6.79. The number of pyridine rings is 1. The van der Waals surface area contributed by atoms with E-state index in [1.165, 1.54) is 12.3 Å². The number of aromatic nitrogens is 1. The summed E-state index contributed by atoms with van der Waals surface area (Å²) in [6.45, 7) is 0.576. The van der Waals surface area contributed by atoms with E-state index >= 15 is 0 Å². The molecule has 4 N–H and O–H groups in total. The third-order valence-electron chi connectivity index (χ3n) is 2.39. The maximum atomic E-state index is 12.9. The molecule has 0 saturated carbocycles.